The Balaban J connectivity index is 1.88. The topological polar surface area (TPSA) is 29.5 Å². The first-order chi connectivity index (χ1) is 9.56. The molecule has 2 aromatic carbocycles. The minimum Gasteiger partial charge on any atom is -0.487 e. The van der Waals surface area contributed by atoms with Crippen molar-refractivity contribution in [1.29, 1.82) is 0 Å². The molecule has 0 aliphatic carbocycles. The van der Waals surface area contributed by atoms with Gasteiger partial charge in [0, 0.05) is 15.4 Å². The quantitative estimate of drug-likeness (QED) is 0.804. The molecule has 1 heterocycles. The molecule has 0 aromatic heterocycles. The van der Waals surface area contributed by atoms with E-state index in [0.29, 0.717) is 0 Å². The summed E-state index contributed by atoms with van der Waals surface area (Å²) < 4.78 is 7.76. The zero-order valence-corrected chi connectivity index (χ0v) is 14.1. The van der Waals surface area contributed by atoms with Crippen LogP contribution in [0, 0.1) is 6.92 Å². The molecule has 2 atom stereocenters. The molecule has 2 unspecified atom stereocenters. The molecule has 0 bridgehead atoms. The lowest BCUT2D eigenvalue weighted by Gasteiger charge is -2.20. The molecule has 0 spiro atoms. The van der Waals surface area contributed by atoms with E-state index in [2.05, 4.69) is 31.9 Å². The van der Waals surface area contributed by atoms with Gasteiger partial charge in [0.1, 0.15) is 18.0 Å². The number of aryl methyl sites for hydroxylation is 1. The van der Waals surface area contributed by atoms with E-state index in [1.807, 2.05) is 43.3 Å². The van der Waals surface area contributed by atoms with Crippen LogP contribution in [0.1, 0.15) is 22.8 Å². The minimum absolute atomic E-state index is 0.238. The number of rotatable bonds is 2. The van der Waals surface area contributed by atoms with Crippen molar-refractivity contribution in [3.8, 4) is 5.75 Å². The predicted molar refractivity (Wildman–Crippen MR) is 86.1 cm³/mol. The second-order valence-electron chi connectivity index (χ2n) is 5.04. The first-order valence-corrected chi connectivity index (χ1v) is 8.03. The van der Waals surface area contributed by atoms with Gasteiger partial charge in [-0.25, -0.2) is 0 Å². The molecular formula is C16H14Br2O2. The van der Waals surface area contributed by atoms with Gasteiger partial charge in [-0.05, 0) is 41.8 Å². The molecule has 4 heteroatoms. The van der Waals surface area contributed by atoms with Crippen LogP contribution in [-0.2, 0) is 6.42 Å². The van der Waals surface area contributed by atoms with E-state index < -0.39 is 6.10 Å². The number of benzene rings is 2. The third-order valence-electron chi connectivity index (χ3n) is 3.62. The number of halogens is 2. The molecule has 20 heavy (non-hydrogen) atoms. The van der Waals surface area contributed by atoms with Crippen molar-refractivity contribution >= 4 is 31.9 Å². The van der Waals surface area contributed by atoms with Gasteiger partial charge in [0.05, 0.1) is 0 Å². The lowest BCUT2D eigenvalue weighted by atomic mass is 9.99. The van der Waals surface area contributed by atoms with Crippen molar-refractivity contribution in [1.82, 2.24) is 0 Å². The summed E-state index contributed by atoms with van der Waals surface area (Å²) in [7, 11) is 0. The monoisotopic (exact) mass is 396 g/mol. The molecule has 0 fully saturated rings. The molecule has 2 aromatic rings. The van der Waals surface area contributed by atoms with Gasteiger partial charge in [-0.3, -0.25) is 0 Å². The van der Waals surface area contributed by atoms with E-state index in [1.54, 1.807) is 0 Å². The Morgan fingerprint density at radius 1 is 1.20 bits per heavy atom. The fourth-order valence-corrected chi connectivity index (χ4v) is 3.53. The van der Waals surface area contributed by atoms with Crippen molar-refractivity contribution in [2.75, 3.05) is 0 Å². The molecule has 1 aliphatic rings. The Morgan fingerprint density at radius 2 is 1.95 bits per heavy atom. The van der Waals surface area contributed by atoms with E-state index in [9.17, 15) is 5.11 Å². The maximum Gasteiger partial charge on any atom is 0.133 e. The minimum atomic E-state index is -0.659. The lowest BCUT2D eigenvalue weighted by Crippen LogP contribution is -2.23. The summed E-state index contributed by atoms with van der Waals surface area (Å²) in [6, 6.07) is 11.9. The highest BCUT2D eigenvalue weighted by Gasteiger charge is 2.31. The summed E-state index contributed by atoms with van der Waals surface area (Å²) in [5.41, 5.74) is 3.13. The number of aliphatic hydroxyl groups is 1. The molecule has 0 saturated carbocycles. The molecule has 104 valence electrons. The van der Waals surface area contributed by atoms with Crippen LogP contribution in [0.2, 0.25) is 0 Å². The van der Waals surface area contributed by atoms with E-state index in [-0.39, 0.29) is 6.10 Å². The number of fused-ring (bicyclic) bond motifs is 1. The Morgan fingerprint density at radius 3 is 2.70 bits per heavy atom. The van der Waals surface area contributed by atoms with Crippen LogP contribution in [0.4, 0.5) is 0 Å². The second-order valence-corrected chi connectivity index (χ2v) is 6.74. The normalized spacial score (nSPS) is 18.5. The highest BCUT2D eigenvalue weighted by Crippen LogP contribution is 2.37. The van der Waals surface area contributed by atoms with Crippen molar-refractivity contribution in [3.05, 3.63) is 62.0 Å². The molecule has 1 N–H and O–H groups in total. The van der Waals surface area contributed by atoms with E-state index in [1.165, 1.54) is 0 Å². The predicted octanol–water partition coefficient (Wildman–Crippen LogP) is 4.56. The van der Waals surface area contributed by atoms with E-state index in [0.717, 1.165) is 37.8 Å². The number of hydrogen-bond donors (Lipinski definition) is 1. The van der Waals surface area contributed by atoms with Gasteiger partial charge in [-0.15, -0.1) is 0 Å². The van der Waals surface area contributed by atoms with Gasteiger partial charge in [0.2, 0.25) is 0 Å². The van der Waals surface area contributed by atoms with Crippen LogP contribution in [0.5, 0.6) is 5.75 Å². The standard InChI is InChI=1S/C16H14Br2O2/c1-9-6-13(18)11(8-12(9)17)16(19)15-7-10-4-2-3-5-14(10)20-15/h2-6,8,15-16,19H,7H2,1H3. The average molecular weight is 398 g/mol. The van der Waals surface area contributed by atoms with Crippen LogP contribution in [0.25, 0.3) is 0 Å². The van der Waals surface area contributed by atoms with Crippen molar-refractivity contribution < 1.29 is 9.84 Å². The molecule has 3 rings (SSSR count). The Labute approximate surface area is 135 Å². The summed E-state index contributed by atoms with van der Waals surface area (Å²) in [4.78, 5) is 0. The molecular weight excluding hydrogens is 384 g/mol. The number of para-hydroxylation sites is 1. The van der Waals surface area contributed by atoms with Gasteiger partial charge < -0.3 is 9.84 Å². The van der Waals surface area contributed by atoms with Gasteiger partial charge >= 0.3 is 0 Å². The number of hydrogen-bond acceptors (Lipinski definition) is 2. The highest BCUT2D eigenvalue weighted by molar-refractivity contribution is 9.11. The molecule has 0 saturated heterocycles. The van der Waals surface area contributed by atoms with E-state index >= 15 is 0 Å². The highest BCUT2D eigenvalue weighted by atomic mass is 79.9. The fourth-order valence-electron chi connectivity index (χ4n) is 2.47. The number of ether oxygens (including phenoxy) is 1. The van der Waals surface area contributed by atoms with Crippen LogP contribution in [-0.4, -0.2) is 11.2 Å². The molecule has 0 amide bonds. The van der Waals surface area contributed by atoms with Crippen molar-refractivity contribution in [3.63, 3.8) is 0 Å². The maximum absolute atomic E-state index is 10.6. The first kappa shape index (κ1) is 14.1. The Kier molecular flexibility index (Phi) is 3.89. The molecule has 1 aliphatic heterocycles. The third kappa shape index (κ3) is 2.52. The van der Waals surface area contributed by atoms with Gasteiger partial charge in [0.15, 0.2) is 0 Å². The number of aliphatic hydroxyl groups excluding tert-OH is 1. The summed E-state index contributed by atoms with van der Waals surface area (Å²) in [5.74, 6) is 0.874. The summed E-state index contributed by atoms with van der Waals surface area (Å²) >= 11 is 7.04. The van der Waals surface area contributed by atoms with Crippen LogP contribution < -0.4 is 4.74 Å². The second kappa shape index (κ2) is 5.51. The van der Waals surface area contributed by atoms with Crippen molar-refractivity contribution in [2.45, 2.75) is 25.6 Å². The fraction of sp³-hybridized carbons (Fsp3) is 0.250. The Hall–Kier alpha value is -0.840. The van der Waals surface area contributed by atoms with Crippen LogP contribution >= 0.6 is 31.9 Å². The zero-order valence-electron chi connectivity index (χ0n) is 10.9. The van der Waals surface area contributed by atoms with Crippen LogP contribution in [0.15, 0.2) is 45.3 Å². The first-order valence-electron chi connectivity index (χ1n) is 6.44. The van der Waals surface area contributed by atoms with Crippen molar-refractivity contribution in [2.24, 2.45) is 0 Å². The summed E-state index contributed by atoms with van der Waals surface area (Å²) in [6.45, 7) is 2.02. The van der Waals surface area contributed by atoms with Gasteiger partial charge in [-0.1, -0.05) is 50.1 Å². The van der Waals surface area contributed by atoms with E-state index in [4.69, 9.17) is 4.74 Å². The van der Waals surface area contributed by atoms with Gasteiger partial charge in [-0.2, -0.15) is 0 Å². The van der Waals surface area contributed by atoms with Gasteiger partial charge in [0.25, 0.3) is 0 Å². The third-order valence-corrected chi connectivity index (χ3v) is 5.16. The van der Waals surface area contributed by atoms with Crippen LogP contribution in [0.3, 0.4) is 0 Å². The SMILES string of the molecule is Cc1cc(Br)c(C(O)C2Cc3ccccc3O2)cc1Br. The smallest absolute Gasteiger partial charge is 0.133 e. The Bertz CT molecular complexity index is 630. The molecule has 0 radical (unpaired) electrons. The largest absolute Gasteiger partial charge is 0.487 e. The average Bonchev–Trinajstić information content (AvgIpc) is 2.86. The summed E-state index contributed by atoms with van der Waals surface area (Å²) in [6.07, 6.45) is -0.165. The maximum atomic E-state index is 10.6. The summed E-state index contributed by atoms with van der Waals surface area (Å²) in [5, 5.41) is 10.6. The zero-order chi connectivity index (χ0) is 14.3. The molecule has 2 nitrogen and oxygen atoms in total. The lowest BCUT2D eigenvalue weighted by molar-refractivity contribution is 0.0487.